The van der Waals surface area contributed by atoms with E-state index in [0.717, 1.165) is 19.1 Å². The van der Waals surface area contributed by atoms with Crippen LogP contribution in [-0.4, -0.2) is 17.4 Å². The Kier molecular flexibility index (Phi) is 3.69. The van der Waals surface area contributed by atoms with Crippen LogP contribution in [0.15, 0.2) is 18.3 Å². The molecule has 0 aromatic carbocycles. The highest BCUT2D eigenvalue weighted by molar-refractivity contribution is 5.77. The van der Waals surface area contributed by atoms with Crippen LogP contribution in [0.2, 0.25) is 0 Å². The summed E-state index contributed by atoms with van der Waals surface area (Å²) in [4.78, 5) is 15.1. The second-order valence-electron chi connectivity index (χ2n) is 6.17. The molecule has 1 aliphatic carbocycles. The first kappa shape index (κ1) is 13.1. The van der Waals surface area contributed by atoms with Crippen molar-refractivity contribution in [3.05, 3.63) is 23.9 Å². The first-order valence-electron chi connectivity index (χ1n) is 6.57. The van der Waals surface area contributed by atoms with Gasteiger partial charge in [0.05, 0.1) is 5.56 Å². The maximum absolute atomic E-state index is 10.9. The molecule has 1 aromatic heterocycles. The number of carbonyl (C=O) groups is 1. The van der Waals surface area contributed by atoms with E-state index >= 15 is 0 Å². The van der Waals surface area contributed by atoms with Gasteiger partial charge in [-0.25, -0.2) is 4.98 Å². The Labute approximate surface area is 109 Å². The van der Waals surface area contributed by atoms with E-state index < -0.39 is 0 Å². The van der Waals surface area contributed by atoms with Gasteiger partial charge in [0.25, 0.3) is 0 Å². The summed E-state index contributed by atoms with van der Waals surface area (Å²) in [6.45, 7) is 6.81. The predicted octanol–water partition coefficient (Wildman–Crippen LogP) is 3.49. The van der Waals surface area contributed by atoms with Crippen LogP contribution in [0, 0.1) is 11.3 Å². The number of hydrogen-bond donors (Lipinski definition) is 0. The lowest BCUT2D eigenvalue weighted by atomic mass is 9.71. The van der Waals surface area contributed by atoms with E-state index in [0.29, 0.717) is 22.8 Å². The van der Waals surface area contributed by atoms with E-state index in [1.807, 2.05) is 0 Å². The molecule has 2 rings (SSSR count). The monoisotopic (exact) mass is 247 g/mol. The topological polar surface area (TPSA) is 39.2 Å². The zero-order valence-electron chi connectivity index (χ0n) is 11.3. The standard InChI is InChI=1S/C15H21NO2/c1-11-7-13(9-15(2,3)8-11)18-14-12(10-17)5-4-6-16-14/h4-6,10-11,13H,7-9H2,1-3H3. The molecule has 1 aromatic rings. The summed E-state index contributed by atoms with van der Waals surface area (Å²) in [5, 5.41) is 0. The molecule has 0 saturated heterocycles. The van der Waals surface area contributed by atoms with Gasteiger partial charge in [0.15, 0.2) is 6.29 Å². The second-order valence-corrected chi connectivity index (χ2v) is 6.17. The summed E-state index contributed by atoms with van der Waals surface area (Å²) in [6, 6.07) is 3.50. The fourth-order valence-electron chi connectivity index (χ4n) is 3.10. The van der Waals surface area contributed by atoms with Crippen molar-refractivity contribution < 1.29 is 9.53 Å². The smallest absolute Gasteiger partial charge is 0.224 e. The van der Waals surface area contributed by atoms with Gasteiger partial charge in [-0.3, -0.25) is 4.79 Å². The van der Waals surface area contributed by atoms with Crippen LogP contribution in [0.25, 0.3) is 0 Å². The number of rotatable bonds is 3. The molecule has 0 N–H and O–H groups in total. The Morgan fingerprint density at radius 3 is 2.89 bits per heavy atom. The first-order valence-corrected chi connectivity index (χ1v) is 6.57. The number of hydrogen-bond acceptors (Lipinski definition) is 3. The molecule has 2 atom stereocenters. The zero-order chi connectivity index (χ0) is 13.2. The maximum atomic E-state index is 10.9. The summed E-state index contributed by atoms with van der Waals surface area (Å²) in [7, 11) is 0. The number of carbonyl (C=O) groups excluding carboxylic acids is 1. The fraction of sp³-hybridized carbons (Fsp3) is 0.600. The van der Waals surface area contributed by atoms with Crippen molar-refractivity contribution >= 4 is 6.29 Å². The molecule has 1 fully saturated rings. The molecule has 0 amide bonds. The van der Waals surface area contributed by atoms with Crippen LogP contribution >= 0.6 is 0 Å². The number of nitrogens with zero attached hydrogens (tertiary/aromatic N) is 1. The quantitative estimate of drug-likeness (QED) is 0.767. The lowest BCUT2D eigenvalue weighted by molar-refractivity contribution is 0.0527. The van der Waals surface area contributed by atoms with E-state index in [1.54, 1.807) is 18.3 Å². The second kappa shape index (κ2) is 5.09. The highest BCUT2D eigenvalue weighted by Crippen LogP contribution is 2.39. The zero-order valence-corrected chi connectivity index (χ0v) is 11.3. The molecule has 0 aliphatic heterocycles. The van der Waals surface area contributed by atoms with E-state index in [-0.39, 0.29) is 6.10 Å². The van der Waals surface area contributed by atoms with E-state index in [1.165, 1.54) is 6.42 Å². The number of aldehydes is 1. The van der Waals surface area contributed by atoms with Crippen molar-refractivity contribution in [1.29, 1.82) is 0 Å². The molecule has 0 radical (unpaired) electrons. The van der Waals surface area contributed by atoms with Gasteiger partial charge in [-0.15, -0.1) is 0 Å². The molecular formula is C15H21NO2. The van der Waals surface area contributed by atoms with Gasteiger partial charge in [-0.05, 0) is 42.7 Å². The van der Waals surface area contributed by atoms with Crippen LogP contribution in [-0.2, 0) is 0 Å². The molecule has 1 saturated carbocycles. The lowest BCUT2D eigenvalue weighted by Gasteiger charge is -2.38. The van der Waals surface area contributed by atoms with Gasteiger partial charge in [0, 0.05) is 6.20 Å². The normalized spacial score (nSPS) is 26.6. The Morgan fingerprint density at radius 2 is 2.22 bits per heavy atom. The third kappa shape index (κ3) is 3.09. The first-order chi connectivity index (χ1) is 8.50. The van der Waals surface area contributed by atoms with Crippen molar-refractivity contribution in [2.24, 2.45) is 11.3 Å². The fourth-order valence-corrected chi connectivity index (χ4v) is 3.10. The summed E-state index contributed by atoms with van der Waals surface area (Å²) < 4.78 is 5.94. The minimum absolute atomic E-state index is 0.164. The molecule has 1 aliphatic rings. The van der Waals surface area contributed by atoms with Crippen molar-refractivity contribution in [2.45, 2.75) is 46.1 Å². The minimum Gasteiger partial charge on any atom is -0.474 e. The van der Waals surface area contributed by atoms with Gasteiger partial charge in [0.2, 0.25) is 5.88 Å². The predicted molar refractivity (Wildman–Crippen MR) is 70.8 cm³/mol. The molecule has 3 heteroatoms. The van der Waals surface area contributed by atoms with Gasteiger partial charge in [-0.2, -0.15) is 0 Å². The summed E-state index contributed by atoms with van der Waals surface area (Å²) in [6.07, 6.45) is 5.93. The molecular weight excluding hydrogens is 226 g/mol. The Balaban J connectivity index is 2.11. The molecule has 3 nitrogen and oxygen atoms in total. The van der Waals surface area contributed by atoms with Crippen molar-refractivity contribution in [3.63, 3.8) is 0 Å². The lowest BCUT2D eigenvalue weighted by Crippen LogP contribution is -2.34. The van der Waals surface area contributed by atoms with Crippen molar-refractivity contribution in [3.8, 4) is 5.88 Å². The van der Waals surface area contributed by atoms with Crippen LogP contribution in [0.3, 0.4) is 0 Å². The number of aromatic nitrogens is 1. The van der Waals surface area contributed by atoms with Gasteiger partial charge in [0.1, 0.15) is 6.10 Å². The highest BCUT2D eigenvalue weighted by atomic mass is 16.5. The van der Waals surface area contributed by atoms with E-state index in [4.69, 9.17) is 4.74 Å². The van der Waals surface area contributed by atoms with Gasteiger partial charge >= 0.3 is 0 Å². The van der Waals surface area contributed by atoms with Crippen LogP contribution in [0.4, 0.5) is 0 Å². The molecule has 0 spiro atoms. The number of ether oxygens (including phenoxy) is 1. The Morgan fingerprint density at radius 1 is 1.44 bits per heavy atom. The average Bonchev–Trinajstić information content (AvgIpc) is 2.27. The van der Waals surface area contributed by atoms with E-state index in [9.17, 15) is 4.79 Å². The third-order valence-corrected chi connectivity index (χ3v) is 3.55. The molecule has 0 bridgehead atoms. The van der Waals surface area contributed by atoms with Crippen molar-refractivity contribution in [1.82, 2.24) is 4.98 Å². The highest BCUT2D eigenvalue weighted by Gasteiger charge is 2.33. The van der Waals surface area contributed by atoms with Crippen molar-refractivity contribution in [2.75, 3.05) is 0 Å². The summed E-state index contributed by atoms with van der Waals surface area (Å²) in [5.74, 6) is 1.13. The van der Waals surface area contributed by atoms with Crippen LogP contribution in [0.5, 0.6) is 5.88 Å². The van der Waals surface area contributed by atoms with Crippen LogP contribution < -0.4 is 4.74 Å². The van der Waals surface area contributed by atoms with Gasteiger partial charge in [-0.1, -0.05) is 20.8 Å². The SMILES string of the molecule is CC1CC(Oc2ncccc2C=O)CC(C)(C)C1. The Hall–Kier alpha value is -1.38. The van der Waals surface area contributed by atoms with Gasteiger partial charge < -0.3 is 4.74 Å². The Bertz CT molecular complexity index is 428. The summed E-state index contributed by atoms with van der Waals surface area (Å²) >= 11 is 0. The largest absolute Gasteiger partial charge is 0.474 e. The minimum atomic E-state index is 0.164. The molecule has 98 valence electrons. The molecule has 1 heterocycles. The molecule has 18 heavy (non-hydrogen) atoms. The molecule has 2 unspecified atom stereocenters. The van der Waals surface area contributed by atoms with E-state index in [2.05, 4.69) is 25.8 Å². The third-order valence-electron chi connectivity index (χ3n) is 3.55. The number of pyridine rings is 1. The average molecular weight is 247 g/mol. The van der Waals surface area contributed by atoms with Crippen LogP contribution in [0.1, 0.15) is 50.4 Å². The summed E-state index contributed by atoms with van der Waals surface area (Å²) in [5.41, 5.74) is 0.840. The maximum Gasteiger partial charge on any atom is 0.224 e.